The molecule has 0 aromatic heterocycles. The van der Waals surface area contributed by atoms with E-state index in [-0.39, 0.29) is 17.2 Å². The Balaban J connectivity index is 3.41. The topological polar surface area (TPSA) is 86.2 Å². The van der Waals surface area contributed by atoms with Crippen LogP contribution >= 0.6 is 0 Å². The van der Waals surface area contributed by atoms with Crippen LogP contribution in [0.5, 0.6) is 0 Å². The van der Waals surface area contributed by atoms with Crippen molar-refractivity contribution in [3.8, 4) is 0 Å². The Morgan fingerprint density at radius 2 is 2.07 bits per heavy atom. The number of nitro groups is 1. The summed E-state index contributed by atoms with van der Waals surface area (Å²) < 4.78 is 0. The fourth-order valence-electron chi connectivity index (χ4n) is 1.22. The fourth-order valence-corrected chi connectivity index (χ4v) is 1.22. The lowest BCUT2D eigenvalue weighted by atomic mass is 10.0. The number of benzene rings is 1. The standard InChI is InChI=1S/C9H10N2O3/c1-5-8(11(13)14)4-3-7(6(2)12)9(5)10/h3-4H,10H2,1-2H3. The Morgan fingerprint density at radius 3 is 2.50 bits per heavy atom. The number of carbonyl (C=O) groups is 1. The number of carbonyl (C=O) groups excluding carboxylic acids is 1. The third-order valence-electron chi connectivity index (χ3n) is 2.06. The average molecular weight is 194 g/mol. The third-order valence-corrected chi connectivity index (χ3v) is 2.06. The summed E-state index contributed by atoms with van der Waals surface area (Å²) in [6.07, 6.45) is 0. The molecule has 0 radical (unpaired) electrons. The molecule has 0 atom stereocenters. The maximum atomic E-state index is 11.0. The van der Waals surface area contributed by atoms with Crippen LogP contribution in [-0.2, 0) is 0 Å². The van der Waals surface area contributed by atoms with E-state index in [1.807, 2.05) is 0 Å². The van der Waals surface area contributed by atoms with E-state index in [4.69, 9.17) is 5.73 Å². The smallest absolute Gasteiger partial charge is 0.274 e. The van der Waals surface area contributed by atoms with Gasteiger partial charge in [-0.2, -0.15) is 0 Å². The second kappa shape index (κ2) is 3.45. The minimum absolute atomic E-state index is 0.0625. The van der Waals surface area contributed by atoms with E-state index >= 15 is 0 Å². The van der Waals surface area contributed by atoms with Crippen molar-refractivity contribution < 1.29 is 9.72 Å². The van der Waals surface area contributed by atoms with Gasteiger partial charge in [-0.15, -0.1) is 0 Å². The summed E-state index contributed by atoms with van der Waals surface area (Å²) in [5.74, 6) is -0.194. The molecule has 1 aromatic rings. The zero-order valence-electron chi connectivity index (χ0n) is 7.90. The van der Waals surface area contributed by atoms with Gasteiger partial charge in [-0.05, 0) is 19.9 Å². The van der Waals surface area contributed by atoms with E-state index in [9.17, 15) is 14.9 Å². The number of Topliss-reactive ketones (excluding diaryl/α,β-unsaturated/α-hetero) is 1. The number of anilines is 1. The first kappa shape index (κ1) is 10.2. The molecule has 0 spiro atoms. The van der Waals surface area contributed by atoms with E-state index in [0.29, 0.717) is 11.1 Å². The highest BCUT2D eigenvalue weighted by Gasteiger charge is 2.16. The van der Waals surface area contributed by atoms with Crippen LogP contribution in [0.15, 0.2) is 12.1 Å². The van der Waals surface area contributed by atoms with Crippen molar-refractivity contribution in [3.63, 3.8) is 0 Å². The highest BCUT2D eigenvalue weighted by atomic mass is 16.6. The summed E-state index contributed by atoms with van der Waals surface area (Å²) in [6, 6.07) is 2.67. The summed E-state index contributed by atoms with van der Waals surface area (Å²) in [7, 11) is 0. The van der Waals surface area contributed by atoms with Crippen molar-refractivity contribution >= 4 is 17.2 Å². The van der Waals surface area contributed by atoms with Gasteiger partial charge in [-0.1, -0.05) is 0 Å². The largest absolute Gasteiger partial charge is 0.398 e. The van der Waals surface area contributed by atoms with Crippen LogP contribution in [0.25, 0.3) is 0 Å². The zero-order chi connectivity index (χ0) is 10.9. The minimum atomic E-state index is -0.518. The zero-order valence-corrected chi connectivity index (χ0v) is 7.90. The molecule has 0 saturated heterocycles. The molecular formula is C9H10N2O3. The highest BCUT2D eigenvalue weighted by Crippen LogP contribution is 2.26. The van der Waals surface area contributed by atoms with Crippen LogP contribution in [0.4, 0.5) is 11.4 Å². The van der Waals surface area contributed by atoms with Crippen molar-refractivity contribution in [1.82, 2.24) is 0 Å². The first-order valence-corrected chi connectivity index (χ1v) is 3.99. The summed E-state index contributed by atoms with van der Waals surface area (Å²) in [5.41, 5.74) is 6.38. The average Bonchev–Trinajstić information content (AvgIpc) is 2.08. The lowest BCUT2D eigenvalue weighted by Crippen LogP contribution is -2.04. The van der Waals surface area contributed by atoms with Gasteiger partial charge in [-0.3, -0.25) is 14.9 Å². The monoisotopic (exact) mass is 194 g/mol. The summed E-state index contributed by atoms with van der Waals surface area (Å²) in [6.45, 7) is 2.90. The predicted molar refractivity (Wildman–Crippen MR) is 52.3 cm³/mol. The van der Waals surface area contributed by atoms with Gasteiger partial charge in [0.1, 0.15) is 0 Å². The summed E-state index contributed by atoms with van der Waals surface area (Å²) in [5, 5.41) is 10.5. The summed E-state index contributed by atoms with van der Waals surface area (Å²) in [4.78, 5) is 21.1. The number of rotatable bonds is 2. The van der Waals surface area contributed by atoms with E-state index in [1.165, 1.54) is 26.0 Å². The number of hydrogen-bond donors (Lipinski definition) is 1. The molecule has 0 aliphatic carbocycles. The molecule has 1 rings (SSSR count). The molecule has 5 nitrogen and oxygen atoms in total. The molecule has 0 aliphatic heterocycles. The van der Waals surface area contributed by atoms with Gasteiger partial charge in [-0.25, -0.2) is 0 Å². The number of hydrogen-bond acceptors (Lipinski definition) is 4. The molecule has 0 unspecified atom stereocenters. The quantitative estimate of drug-likeness (QED) is 0.336. The van der Waals surface area contributed by atoms with Gasteiger partial charge in [0.2, 0.25) is 0 Å². The first-order valence-electron chi connectivity index (χ1n) is 3.99. The maximum absolute atomic E-state index is 11.0. The van der Waals surface area contributed by atoms with Gasteiger partial charge in [0.15, 0.2) is 5.78 Å². The van der Waals surface area contributed by atoms with Crippen molar-refractivity contribution in [2.75, 3.05) is 5.73 Å². The molecular weight excluding hydrogens is 184 g/mol. The van der Waals surface area contributed by atoms with Crippen LogP contribution in [-0.4, -0.2) is 10.7 Å². The number of nitro benzene ring substituents is 1. The van der Waals surface area contributed by atoms with Crippen molar-refractivity contribution in [1.29, 1.82) is 0 Å². The Bertz CT molecular complexity index is 374. The van der Waals surface area contributed by atoms with Crippen molar-refractivity contribution in [2.24, 2.45) is 0 Å². The molecule has 0 bridgehead atoms. The number of nitrogens with two attached hydrogens (primary N) is 1. The lowest BCUT2D eigenvalue weighted by molar-refractivity contribution is -0.385. The van der Waals surface area contributed by atoms with E-state index in [1.54, 1.807) is 0 Å². The van der Waals surface area contributed by atoms with Crippen molar-refractivity contribution in [3.05, 3.63) is 33.4 Å². The molecule has 0 aliphatic rings. The van der Waals surface area contributed by atoms with Gasteiger partial charge < -0.3 is 5.73 Å². The molecule has 14 heavy (non-hydrogen) atoms. The van der Waals surface area contributed by atoms with Crippen LogP contribution in [0.3, 0.4) is 0 Å². The molecule has 2 N–H and O–H groups in total. The molecule has 1 aromatic carbocycles. The fraction of sp³-hybridized carbons (Fsp3) is 0.222. The van der Waals surface area contributed by atoms with E-state index in [2.05, 4.69) is 0 Å². The Hall–Kier alpha value is -1.91. The number of nitrogens with zero attached hydrogens (tertiary/aromatic N) is 1. The molecule has 0 saturated carbocycles. The van der Waals surface area contributed by atoms with Gasteiger partial charge in [0.05, 0.1) is 16.2 Å². The highest BCUT2D eigenvalue weighted by molar-refractivity contribution is 6.00. The molecule has 0 heterocycles. The maximum Gasteiger partial charge on any atom is 0.274 e. The molecule has 0 fully saturated rings. The Morgan fingerprint density at radius 1 is 1.50 bits per heavy atom. The second-order valence-electron chi connectivity index (χ2n) is 2.98. The third kappa shape index (κ3) is 1.56. The Kier molecular flexibility index (Phi) is 2.51. The normalized spacial score (nSPS) is 9.86. The lowest BCUT2D eigenvalue weighted by Gasteiger charge is -2.05. The van der Waals surface area contributed by atoms with Crippen LogP contribution in [0.2, 0.25) is 0 Å². The van der Waals surface area contributed by atoms with Gasteiger partial charge >= 0.3 is 0 Å². The first-order chi connectivity index (χ1) is 6.45. The van der Waals surface area contributed by atoms with E-state index in [0.717, 1.165) is 0 Å². The molecule has 74 valence electrons. The second-order valence-corrected chi connectivity index (χ2v) is 2.98. The predicted octanol–water partition coefficient (Wildman–Crippen LogP) is 1.69. The minimum Gasteiger partial charge on any atom is -0.398 e. The van der Waals surface area contributed by atoms with Crippen LogP contribution in [0.1, 0.15) is 22.8 Å². The van der Waals surface area contributed by atoms with E-state index < -0.39 is 4.92 Å². The Labute approximate surface area is 80.7 Å². The molecule has 5 heteroatoms. The van der Waals surface area contributed by atoms with Gasteiger partial charge in [0.25, 0.3) is 5.69 Å². The van der Waals surface area contributed by atoms with Crippen LogP contribution < -0.4 is 5.73 Å². The number of nitrogen functional groups attached to an aromatic ring is 1. The van der Waals surface area contributed by atoms with Gasteiger partial charge in [0, 0.05) is 11.6 Å². The van der Waals surface area contributed by atoms with Crippen LogP contribution in [0, 0.1) is 17.0 Å². The number of ketones is 1. The summed E-state index contributed by atoms with van der Waals surface area (Å²) >= 11 is 0. The molecule has 0 amide bonds. The SMILES string of the molecule is CC(=O)c1ccc([N+](=O)[O-])c(C)c1N. The van der Waals surface area contributed by atoms with Crippen molar-refractivity contribution in [2.45, 2.75) is 13.8 Å².